The minimum atomic E-state index is -0.168. The molecule has 0 aliphatic carbocycles. The Bertz CT molecular complexity index is 435. The summed E-state index contributed by atoms with van der Waals surface area (Å²) in [6, 6.07) is 6.78. The topological polar surface area (TPSA) is 17.8 Å². The Morgan fingerprint density at radius 2 is 1.94 bits per heavy atom. The number of nitrogens with zero attached hydrogens (tertiary/aromatic N) is 2. The number of halogens is 1. The first kappa shape index (κ1) is 12.4. The second kappa shape index (κ2) is 6.05. The summed E-state index contributed by atoms with van der Waals surface area (Å²) in [5.41, 5.74) is 1.63. The van der Waals surface area contributed by atoms with Crippen molar-refractivity contribution in [1.82, 2.24) is 9.55 Å². The highest BCUT2D eigenvalue weighted by Crippen LogP contribution is 2.08. The van der Waals surface area contributed by atoms with E-state index in [2.05, 4.69) is 4.98 Å². The molecule has 16 heavy (non-hydrogen) atoms. The monoisotopic (exact) mass is 220 g/mol. The standard InChI is InChI=1S/C11H11FN2.C2H6/c1-9-6-14(8-13-9)7-10-4-2-3-5-11(10)12;1-2/h2-6,8H,7H2,1H3;1-2H3. The van der Waals surface area contributed by atoms with Crippen LogP contribution in [0.4, 0.5) is 4.39 Å². The molecule has 2 rings (SSSR count). The summed E-state index contributed by atoms with van der Waals surface area (Å²) < 4.78 is 15.1. The van der Waals surface area contributed by atoms with Gasteiger partial charge in [-0.2, -0.15) is 0 Å². The van der Waals surface area contributed by atoms with Crippen LogP contribution in [0.1, 0.15) is 25.1 Å². The summed E-state index contributed by atoms with van der Waals surface area (Å²) in [7, 11) is 0. The van der Waals surface area contributed by atoms with Gasteiger partial charge in [0.25, 0.3) is 0 Å². The molecule has 0 amide bonds. The van der Waals surface area contributed by atoms with Crippen LogP contribution in [-0.2, 0) is 6.54 Å². The Morgan fingerprint density at radius 3 is 2.50 bits per heavy atom. The third-order valence-corrected chi connectivity index (χ3v) is 2.07. The Morgan fingerprint density at radius 1 is 1.25 bits per heavy atom. The van der Waals surface area contributed by atoms with Crippen LogP contribution < -0.4 is 0 Å². The Balaban J connectivity index is 0.000000606. The number of aryl methyl sites for hydroxylation is 1. The van der Waals surface area contributed by atoms with Crippen molar-refractivity contribution in [2.24, 2.45) is 0 Å². The molecule has 0 unspecified atom stereocenters. The Kier molecular flexibility index (Phi) is 4.70. The lowest BCUT2D eigenvalue weighted by molar-refractivity contribution is 0.599. The molecule has 0 aliphatic rings. The van der Waals surface area contributed by atoms with Crippen LogP contribution in [0.3, 0.4) is 0 Å². The van der Waals surface area contributed by atoms with Gasteiger partial charge in [0, 0.05) is 11.8 Å². The number of imidazole rings is 1. The quantitative estimate of drug-likeness (QED) is 0.758. The molecule has 0 radical (unpaired) electrons. The molecule has 1 aromatic heterocycles. The molecule has 0 saturated carbocycles. The summed E-state index contributed by atoms with van der Waals surface area (Å²) >= 11 is 0. The minimum absolute atomic E-state index is 0.168. The molecule has 0 bridgehead atoms. The maximum atomic E-state index is 13.2. The van der Waals surface area contributed by atoms with E-state index in [4.69, 9.17) is 0 Å². The molecular formula is C13H17FN2. The van der Waals surface area contributed by atoms with E-state index in [0.717, 1.165) is 5.69 Å². The van der Waals surface area contributed by atoms with Crippen molar-refractivity contribution in [2.45, 2.75) is 27.3 Å². The number of benzene rings is 1. The lowest BCUT2D eigenvalue weighted by Crippen LogP contribution is -1.98. The Labute approximate surface area is 95.8 Å². The van der Waals surface area contributed by atoms with Gasteiger partial charge in [0.15, 0.2) is 0 Å². The second-order valence-electron chi connectivity index (χ2n) is 3.28. The third-order valence-electron chi connectivity index (χ3n) is 2.07. The SMILES string of the molecule is CC.Cc1cn(Cc2ccccc2F)cn1. The molecule has 2 nitrogen and oxygen atoms in total. The predicted molar refractivity (Wildman–Crippen MR) is 63.8 cm³/mol. The average molecular weight is 220 g/mol. The van der Waals surface area contributed by atoms with Crippen molar-refractivity contribution in [1.29, 1.82) is 0 Å². The summed E-state index contributed by atoms with van der Waals surface area (Å²) in [4.78, 5) is 4.08. The highest BCUT2D eigenvalue weighted by atomic mass is 19.1. The number of hydrogen-bond acceptors (Lipinski definition) is 1. The molecule has 2 aromatic rings. The molecule has 0 saturated heterocycles. The van der Waals surface area contributed by atoms with E-state index in [1.807, 2.05) is 37.6 Å². The van der Waals surface area contributed by atoms with Crippen LogP contribution in [-0.4, -0.2) is 9.55 Å². The zero-order valence-electron chi connectivity index (χ0n) is 9.94. The maximum absolute atomic E-state index is 13.2. The van der Waals surface area contributed by atoms with Crippen LogP contribution in [0, 0.1) is 12.7 Å². The zero-order valence-corrected chi connectivity index (χ0v) is 9.94. The van der Waals surface area contributed by atoms with Crippen LogP contribution >= 0.6 is 0 Å². The zero-order chi connectivity index (χ0) is 12.0. The predicted octanol–water partition coefficient (Wildman–Crippen LogP) is 3.41. The summed E-state index contributed by atoms with van der Waals surface area (Å²) in [6.07, 6.45) is 3.61. The second-order valence-corrected chi connectivity index (χ2v) is 3.28. The number of aromatic nitrogens is 2. The maximum Gasteiger partial charge on any atom is 0.128 e. The molecule has 0 aliphatic heterocycles. The number of rotatable bonds is 2. The van der Waals surface area contributed by atoms with E-state index < -0.39 is 0 Å². The fourth-order valence-corrected chi connectivity index (χ4v) is 1.38. The highest BCUT2D eigenvalue weighted by molar-refractivity contribution is 5.17. The van der Waals surface area contributed by atoms with Gasteiger partial charge in [0.05, 0.1) is 18.6 Å². The van der Waals surface area contributed by atoms with E-state index in [-0.39, 0.29) is 5.82 Å². The fourth-order valence-electron chi connectivity index (χ4n) is 1.38. The van der Waals surface area contributed by atoms with Crippen molar-refractivity contribution >= 4 is 0 Å². The molecule has 3 heteroatoms. The average Bonchev–Trinajstić information content (AvgIpc) is 2.70. The largest absolute Gasteiger partial charge is 0.333 e. The molecule has 0 N–H and O–H groups in total. The van der Waals surface area contributed by atoms with Crippen molar-refractivity contribution < 1.29 is 4.39 Å². The van der Waals surface area contributed by atoms with Crippen LogP contribution in [0.2, 0.25) is 0 Å². The molecule has 86 valence electrons. The summed E-state index contributed by atoms with van der Waals surface area (Å²) in [6.45, 7) is 6.45. The van der Waals surface area contributed by atoms with Crippen molar-refractivity contribution in [2.75, 3.05) is 0 Å². The Hall–Kier alpha value is -1.64. The highest BCUT2D eigenvalue weighted by Gasteiger charge is 2.01. The van der Waals surface area contributed by atoms with Gasteiger partial charge in [-0.1, -0.05) is 32.0 Å². The van der Waals surface area contributed by atoms with Gasteiger partial charge in [0.1, 0.15) is 5.82 Å². The van der Waals surface area contributed by atoms with E-state index >= 15 is 0 Å². The van der Waals surface area contributed by atoms with Gasteiger partial charge in [-0.15, -0.1) is 0 Å². The van der Waals surface area contributed by atoms with Gasteiger partial charge < -0.3 is 4.57 Å². The van der Waals surface area contributed by atoms with Gasteiger partial charge in [-0.3, -0.25) is 0 Å². The van der Waals surface area contributed by atoms with E-state index in [0.29, 0.717) is 12.1 Å². The smallest absolute Gasteiger partial charge is 0.128 e. The van der Waals surface area contributed by atoms with E-state index in [1.54, 1.807) is 18.5 Å². The fraction of sp³-hybridized carbons (Fsp3) is 0.308. The van der Waals surface area contributed by atoms with Gasteiger partial charge in [0.2, 0.25) is 0 Å². The van der Waals surface area contributed by atoms with E-state index in [9.17, 15) is 4.39 Å². The van der Waals surface area contributed by atoms with Crippen molar-refractivity contribution in [3.05, 3.63) is 53.9 Å². The molecule has 0 spiro atoms. The van der Waals surface area contributed by atoms with Gasteiger partial charge in [-0.25, -0.2) is 9.37 Å². The van der Waals surface area contributed by atoms with Gasteiger partial charge >= 0.3 is 0 Å². The van der Waals surface area contributed by atoms with Gasteiger partial charge in [-0.05, 0) is 13.0 Å². The lowest BCUT2D eigenvalue weighted by Gasteiger charge is -2.02. The first-order chi connectivity index (χ1) is 7.75. The third kappa shape index (κ3) is 3.19. The van der Waals surface area contributed by atoms with Crippen LogP contribution in [0.5, 0.6) is 0 Å². The molecular weight excluding hydrogens is 203 g/mol. The lowest BCUT2D eigenvalue weighted by atomic mass is 10.2. The van der Waals surface area contributed by atoms with Crippen LogP contribution in [0.25, 0.3) is 0 Å². The molecule has 1 aromatic carbocycles. The van der Waals surface area contributed by atoms with Crippen molar-refractivity contribution in [3.63, 3.8) is 0 Å². The van der Waals surface area contributed by atoms with Crippen molar-refractivity contribution in [3.8, 4) is 0 Å². The van der Waals surface area contributed by atoms with Crippen LogP contribution in [0.15, 0.2) is 36.8 Å². The minimum Gasteiger partial charge on any atom is -0.333 e. The first-order valence-corrected chi connectivity index (χ1v) is 5.47. The molecule has 1 heterocycles. The van der Waals surface area contributed by atoms with E-state index in [1.165, 1.54) is 6.07 Å². The summed E-state index contributed by atoms with van der Waals surface area (Å²) in [5.74, 6) is -0.168. The number of hydrogen-bond donors (Lipinski definition) is 0. The normalized spacial score (nSPS) is 9.50. The summed E-state index contributed by atoms with van der Waals surface area (Å²) in [5, 5.41) is 0. The molecule has 0 atom stereocenters. The molecule has 0 fully saturated rings. The first-order valence-electron chi connectivity index (χ1n) is 5.47.